The highest BCUT2D eigenvalue weighted by atomic mass is 35.5. The summed E-state index contributed by atoms with van der Waals surface area (Å²) in [6.07, 6.45) is 0. The number of halogens is 1. The van der Waals surface area contributed by atoms with Crippen LogP contribution in [0, 0.1) is 10.1 Å². The van der Waals surface area contributed by atoms with Gasteiger partial charge in [0, 0.05) is 17.8 Å². The van der Waals surface area contributed by atoms with Gasteiger partial charge in [0.2, 0.25) is 0 Å². The van der Waals surface area contributed by atoms with Crippen LogP contribution in [-0.4, -0.2) is 22.6 Å². The maximum absolute atomic E-state index is 12.2. The van der Waals surface area contributed by atoms with Gasteiger partial charge in [-0.1, -0.05) is 11.6 Å². The zero-order valence-corrected chi connectivity index (χ0v) is 12.6. The van der Waals surface area contributed by atoms with Crippen LogP contribution >= 0.6 is 11.6 Å². The molecule has 2 aromatic carbocycles. The molecule has 0 atom stereocenters. The van der Waals surface area contributed by atoms with E-state index in [4.69, 9.17) is 11.6 Å². The van der Waals surface area contributed by atoms with E-state index in [1.165, 1.54) is 24.3 Å². The predicted octanol–water partition coefficient (Wildman–Crippen LogP) is 2.38. The molecule has 3 rings (SSSR count). The quantitative estimate of drug-likeness (QED) is 0.503. The van der Waals surface area contributed by atoms with E-state index in [1.807, 2.05) is 0 Å². The Hall–Kier alpha value is -3.26. The summed E-state index contributed by atoms with van der Waals surface area (Å²) >= 11 is 5.90. The molecule has 0 saturated carbocycles. The molecule has 1 aliphatic rings. The zero-order valence-electron chi connectivity index (χ0n) is 11.8. The van der Waals surface area contributed by atoms with Gasteiger partial charge in [0.25, 0.3) is 23.4 Å². The summed E-state index contributed by atoms with van der Waals surface area (Å²) in [5, 5.41) is 15.3. The smallest absolute Gasteiger partial charge is 0.270 e. The number of hydrogen-bond acceptors (Lipinski definition) is 5. The summed E-state index contributed by atoms with van der Waals surface area (Å²) in [4.78, 5) is 45.4. The van der Waals surface area contributed by atoms with Crippen molar-refractivity contribution < 1.29 is 19.3 Å². The van der Waals surface area contributed by atoms with Gasteiger partial charge in [-0.25, -0.2) is 0 Å². The second-order valence-electron chi connectivity index (χ2n) is 4.92. The van der Waals surface area contributed by atoms with Crippen molar-refractivity contribution in [2.45, 2.75) is 0 Å². The van der Waals surface area contributed by atoms with Crippen LogP contribution in [-0.2, 0) is 0 Å². The Bertz CT molecular complexity index is 925. The average Bonchev–Trinajstić information content (AvgIpc) is 2.81. The minimum atomic E-state index is -0.621. The van der Waals surface area contributed by atoms with Gasteiger partial charge in [0.05, 0.1) is 26.6 Å². The van der Waals surface area contributed by atoms with E-state index < -0.39 is 22.6 Å². The van der Waals surface area contributed by atoms with Crippen LogP contribution in [0.4, 0.5) is 11.4 Å². The number of nitrogens with zero attached hydrogens (tertiary/aromatic N) is 1. The number of carbonyl (C=O) groups excluding carboxylic acids is 3. The van der Waals surface area contributed by atoms with Crippen LogP contribution < -0.4 is 10.6 Å². The van der Waals surface area contributed by atoms with Crippen LogP contribution in [0.3, 0.4) is 0 Å². The molecule has 0 aromatic heterocycles. The van der Waals surface area contributed by atoms with Crippen molar-refractivity contribution in [3.63, 3.8) is 0 Å². The van der Waals surface area contributed by atoms with Gasteiger partial charge in [-0.05, 0) is 24.3 Å². The number of carbonyl (C=O) groups is 3. The van der Waals surface area contributed by atoms with E-state index in [0.29, 0.717) is 0 Å². The lowest BCUT2D eigenvalue weighted by Crippen LogP contribution is -2.19. The van der Waals surface area contributed by atoms with Crippen LogP contribution in [0.25, 0.3) is 0 Å². The molecule has 8 nitrogen and oxygen atoms in total. The van der Waals surface area contributed by atoms with E-state index in [1.54, 1.807) is 0 Å². The second kappa shape index (κ2) is 5.74. The number of amides is 3. The second-order valence-corrected chi connectivity index (χ2v) is 5.33. The van der Waals surface area contributed by atoms with E-state index in [2.05, 4.69) is 10.6 Å². The number of rotatable bonds is 3. The Morgan fingerprint density at radius 2 is 1.79 bits per heavy atom. The van der Waals surface area contributed by atoms with E-state index >= 15 is 0 Å². The zero-order chi connectivity index (χ0) is 17.4. The minimum absolute atomic E-state index is 0.0447. The highest BCUT2D eigenvalue weighted by Crippen LogP contribution is 2.25. The van der Waals surface area contributed by atoms with E-state index in [9.17, 15) is 24.5 Å². The number of nitrogens with one attached hydrogen (secondary N) is 2. The lowest BCUT2D eigenvalue weighted by Gasteiger charge is -2.07. The highest BCUT2D eigenvalue weighted by Gasteiger charge is 2.27. The monoisotopic (exact) mass is 345 g/mol. The number of anilines is 1. The average molecular weight is 346 g/mol. The van der Waals surface area contributed by atoms with Crippen molar-refractivity contribution >= 4 is 40.7 Å². The largest absolute Gasteiger partial charge is 0.322 e. The van der Waals surface area contributed by atoms with Crippen LogP contribution in [0.1, 0.15) is 31.1 Å². The lowest BCUT2D eigenvalue weighted by atomic mass is 10.1. The molecule has 9 heteroatoms. The summed E-state index contributed by atoms with van der Waals surface area (Å²) in [7, 11) is 0. The molecule has 0 spiro atoms. The van der Waals surface area contributed by atoms with Crippen molar-refractivity contribution in [2.24, 2.45) is 0 Å². The van der Waals surface area contributed by atoms with Gasteiger partial charge in [-0.15, -0.1) is 0 Å². The molecule has 24 heavy (non-hydrogen) atoms. The number of hydrogen-bond donors (Lipinski definition) is 2. The highest BCUT2D eigenvalue weighted by molar-refractivity contribution is 6.34. The molecular formula is C15H8ClN3O5. The van der Waals surface area contributed by atoms with Gasteiger partial charge in [-0.3, -0.25) is 29.8 Å². The molecule has 0 aliphatic carbocycles. The molecule has 0 radical (unpaired) electrons. The molecule has 3 amide bonds. The lowest BCUT2D eigenvalue weighted by molar-refractivity contribution is -0.384. The molecular weight excluding hydrogens is 338 g/mol. The van der Waals surface area contributed by atoms with Gasteiger partial charge in [0.15, 0.2) is 0 Å². The molecule has 1 aliphatic heterocycles. The van der Waals surface area contributed by atoms with E-state index in [-0.39, 0.29) is 33.1 Å². The summed E-state index contributed by atoms with van der Waals surface area (Å²) in [6.45, 7) is 0. The number of imide groups is 1. The first-order valence-corrected chi connectivity index (χ1v) is 6.99. The molecule has 1 heterocycles. The third kappa shape index (κ3) is 2.70. The standard InChI is InChI=1S/C15H8ClN3O5/c16-12-6-8(19(23)24)2-4-10(12)14(21)17-7-1-3-9-11(5-7)15(22)18-13(9)20/h1-6H,(H,17,21)(H,18,20,22). The Morgan fingerprint density at radius 1 is 1.08 bits per heavy atom. The number of benzene rings is 2. The Balaban J connectivity index is 1.86. The van der Waals surface area contributed by atoms with Gasteiger partial charge in [-0.2, -0.15) is 0 Å². The minimum Gasteiger partial charge on any atom is -0.322 e. The first-order valence-electron chi connectivity index (χ1n) is 6.62. The van der Waals surface area contributed by atoms with Crippen molar-refractivity contribution in [1.82, 2.24) is 5.32 Å². The molecule has 120 valence electrons. The predicted molar refractivity (Wildman–Crippen MR) is 84.3 cm³/mol. The fraction of sp³-hybridized carbons (Fsp3) is 0. The summed E-state index contributed by atoms with van der Waals surface area (Å²) in [5.74, 6) is -1.63. The van der Waals surface area contributed by atoms with Crippen LogP contribution in [0.5, 0.6) is 0 Å². The molecule has 2 aromatic rings. The van der Waals surface area contributed by atoms with Crippen molar-refractivity contribution in [3.05, 3.63) is 68.2 Å². The number of nitro benzene ring substituents is 1. The Kier molecular flexibility index (Phi) is 3.74. The molecule has 0 fully saturated rings. The maximum atomic E-state index is 12.2. The van der Waals surface area contributed by atoms with Crippen molar-refractivity contribution in [3.8, 4) is 0 Å². The Labute approximate surface area is 139 Å². The summed E-state index contributed by atoms with van der Waals surface area (Å²) in [5.41, 5.74) is 0.490. The van der Waals surface area contributed by atoms with Crippen molar-refractivity contribution in [1.29, 1.82) is 0 Å². The molecule has 0 saturated heterocycles. The SMILES string of the molecule is O=C(Nc1ccc2c(c1)C(=O)NC2=O)c1ccc([N+](=O)[O-])cc1Cl. The number of nitro groups is 1. The van der Waals surface area contributed by atoms with Gasteiger partial charge < -0.3 is 5.32 Å². The first-order chi connectivity index (χ1) is 11.4. The summed E-state index contributed by atoms with van der Waals surface area (Å²) in [6, 6.07) is 7.73. The van der Waals surface area contributed by atoms with E-state index in [0.717, 1.165) is 12.1 Å². The first kappa shape index (κ1) is 15.6. The fourth-order valence-electron chi connectivity index (χ4n) is 2.25. The van der Waals surface area contributed by atoms with Gasteiger partial charge >= 0.3 is 0 Å². The number of non-ortho nitro benzene ring substituents is 1. The fourth-order valence-corrected chi connectivity index (χ4v) is 2.51. The summed E-state index contributed by atoms with van der Waals surface area (Å²) < 4.78 is 0. The normalized spacial score (nSPS) is 12.5. The van der Waals surface area contributed by atoms with Gasteiger partial charge in [0.1, 0.15) is 0 Å². The topological polar surface area (TPSA) is 118 Å². The van der Waals surface area contributed by atoms with Crippen LogP contribution in [0.15, 0.2) is 36.4 Å². The maximum Gasteiger partial charge on any atom is 0.270 e. The Morgan fingerprint density at radius 3 is 2.46 bits per heavy atom. The third-order valence-corrected chi connectivity index (χ3v) is 3.71. The molecule has 0 bridgehead atoms. The third-order valence-electron chi connectivity index (χ3n) is 3.40. The van der Waals surface area contributed by atoms with Crippen LogP contribution in [0.2, 0.25) is 5.02 Å². The molecule has 0 unspecified atom stereocenters. The van der Waals surface area contributed by atoms with Crippen molar-refractivity contribution in [2.75, 3.05) is 5.32 Å². The number of fused-ring (bicyclic) bond motifs is 1. The molecule has 2 N–H and O–H groups in total.